The van der Waals surface area contributed by atoms with Crippen LogP contribution >= 0.6 is 23.2 Å². The lowest BCUT2D eigenvalue weighted by atomic mass is 10.1. The molecule has 0 aliphatic rings. The van der Waals surface area contributed by atoms with Crippen LogP contribution in [0.3, 0.4) is 0 Å². The number of anilines is 1. The van der Waals surface area contributed by atoms with E-state index in [1.165, 1.54) is 0 Å². The summed E-state index contributed by atoms with van der Waals surface area (Å²) in [5.41, 5.74) is 1.82. The van der Waals surface area contributed by atoms with Crippen molar-refractivity contribution in [2.24, 2.45) is 0 Å². The van der Waals surface area contributed by atoms with E-state index in [2.05, 4.69) is 11.9 Å². The van der Waals surface area contributed by atoms with E-state index in [1.807, 2.05) is 78.9 Å². The Morgan fingerprint density at radius 3 is 2.23 bits per heavy atom. The van der Waals surface area contributed by atoms with Crippen molar-refractivity contribution in [3.8, 4) is 22.8 Å². The predicted molar refractivity (Wildman–Crippen MR) is 128 cm³/mol. The number of ether oxygens (including phenoxy) is 1. The normalized spacial score (nSPS) is 11.7. The summed E-state index contributed by atoms with van der Waals surface area (Å²) >= 11 is 12.2. The van der Waals surface area contributed by atoms with Crippen LogP contribution in [0.1, 0.15) is 18.2 Å². The van der Waals surface area contributed by atoms with Crippen molar-refractivity contribution >= 4 is 28.9 Å². The third-order valence-electron chi connectivity index (χ3n) is 4.76. The van der Waals surface area contributed by atoms with E-state index >= 15 is 0 Å². The number of hydrogen-bond acceptors (Lipinski definition) is 3. The molecule has 156 valence electrons. The highest BCUT2D eigenvalue weighted by Gasteiger charge is 2.16. The molecule has 4 rings (SSSR count). The molecule has 1 N–H and O–H groups in total. The quantitative estimate of drug-likeness (QED) is 0.273. The molecule has 31 heavy (non-hydrogen) atoms. The van der Waals surface area contributed by atoms with Crippen LogP contribution in [-0.4, -0.2) is 0 Å². The van der Waals surface area contributed by atoms with Crippen LogP contribution in [0.2, 0.25) is 10.0 Å². The average Bonchev–Trinajstić information content (AvgIpc) is 3.27. The zero-order valence-electron chi connectivity index (χ0n) is 16.7. The SMILES string of the molecule is C=CCC(Nc1ccc(Oc2ccc(Cl)cc2)cc1)c1ccc(-c2ccccc2Cl)o1. The molecule has 0 saturated heterocycles. The third-order valence-corrected chi connectivity index (χ3v) is 5.34. The van der Waals surface area contributed by atoms with Crippen molar-refractivity contribution in [2.45, 2.75) is 12.5 Å². The van der Waals surface area contributed by atoms with Crippen molar-refractivity contribution < 1.29 is 9.15 Å². The highest BCUT2D eigenvalue weighted by Crippen LogP contribution is 2.33. The van der Waals surface area contributed by atoms with E-state index in [-0.39, 0.29) is 6.04 Å². The highest BCUT2D eigenvalue weighted by molar-refractivity contribution is 6.33. The van der Waals surface area contributed by atoms with Gasteiger partial charge in [0, 0.05) is 16.3 Å². The fourth-order valence-electron chi connectivity index (χ4n) is 3.22. The van der Waals surface area contributed by atoms with E-state index in [4.69, 9.17) is 32.4 Å². The van der Waals surface area contributed by atoms with Gasteiger partial charge in [-0.1, -0.05) is 41.4 Å². The number of hydrogen-bond donors (Lipinski definition) is 1. The molecule has 0 saturated carbocycles. The largest absolute Gasteiger partial charge is 0.459 e. The van der Waals surface area contributed by atoms with Crippen molar-refractivity contribution in [2.75, 3.05) is 5.32 Å². The Kier molecular flexibility index (Phi) is 6.66. The fourth-order valence-corrected chi connectivity index (χ4v) is 3.57. The molecule has 0 amide bonds. The van der Waals surface area contributed by atoms with Crippen LogP contribution < -0.4 is 10.1 Å². The van der Waals surface area contributed by atoms with Gasteiger partial charge in [-0.3, -0.25) is 0 Å². The van der Waals surface area contributed by atoms with E-state index in [0.29, 0.717) is 16.5 Å². The molecule has 0 fully saturated rings. The highest BCUT2D eigenvalue weighted by atomic mass is 35.5. The first-order chi connectivity index (χ1) is 15.1. The first-order valence-electron chi connectivity index (χ1n) is 9.88. The van der Waals surface area contributed by atoms with Gasteiger partial charge < -0.3 is 14.5 Å². The summed E-state index contributed by atoms with van der Waals surface area (Å²) in [6.07, 6.45) is 2.58. The molecule has 0 bridgehead atoms. The number of benzene rings is 3. The predicted octanol–water partition coefficient (Wildman–Crippen LogP) is 8.78. The molecule has 0 aliphatic heterocycles. The van der Waals surface area contributed by atoms with Gasteiger partial charge in [0.15, 0.2) is 0 Å². The Morgan fingerprint density at radius 1 is 0.871 bits per heavy atom. The minimum Gasteiger partial charge on any atom is -0.459 e. The van der Waals surface area contributed by atoms with Gasteiger partial charge in [-0.25, -0.2) is 0 Å². The van der Waals surface area contributed by atoms with Crippen LogP contribution in [-0.2, 0) is 0 Å². The second kappa shape index (κ2) is 9.78. The van der Waals surface area contributed by atoms with Crippen LogP contribution in [0.5, 0.6) is 11.5 Å². The van der Waals surface area contributed by atoms with Crippen LogP contribution in [0.4, 0.5) is 5.69 Å². The topological polar surface area (TPSA) is 34.4 Å². The number of nitrogens with one attached hydrogen (secondary N) is 1. The van der Waals surface area contributed by atoms with E-state index < -0.39 is 0 Å². The summed E-state index contributed by atoms with van der Waals surface area (Å²) in [5, 5.41) is 4.84. The Morgan fingerprint density at radius 2 is 1.55 bits per heavy atom. The van der Waals surface area contributed by atoms with Crippen LogP contribution in [0.15, 0.2) is 102 Å². The molecular weight excluding hydrogens is 429 g/mol. The molecule has 1 aromatic heterocycles. The van der Waals surface area contributed by atoms with Crippen molar-refractivity contribution in [1.29, 1.82) is 0 Å². The van der Waals surface area contributed by atoms with E-state index in [9.17, 15) is 0 Å². The number of halogens is 2. The lowest BCUT2D eigenvalue weighted by molar-refractivity contribution is 0.482. The molecule has 1 heterocycles. The van der Waals surface area contributed by atoms with Gasteiger partial charge in [0.1, 0.15) is 23.0 Å². The summed E-state index contributed by atoms with van der Waals surface area (Å²) in [6, 6.07) is 26.5. The van der Waals surface area contributed by atoms with Crippen molar-refractivity contribution in [3.63, 3.8) is 0 Å². The molecule has 0 aliphatic carbocycles. The van der Waals surface area contributed by atoms with Crippen molar-refractivity contribution in [3.05, 3.63) is 113 Å². The molecule has 3 aromatic carbocycles. The summed E-state index contributed by atoms with van der Waals surface area (Å²) in [6.45, 7) is 3.88. The second-order valence-corrected chi connectivity index (χ2v) is 7.83. The summed E-state index contributed by atoms with van der Waals surface area (Å²) in [4.78, 5) is 0. The first-order valence-corrected chi connectivity index (χ1v) is 10.6. The minimum atomic E-state index is -0.0585. The molecule has 1 unspecified atom stereocenters. The zero-order valence-corrected chi connectivity index (χ0v) is 18.2. The summed E-state index contributed by atoms with van der Waals surface area (Å²) in [7, 11) is 0. The molecule has 3 nitrogen and oxygen atoms in total. The van der Waals surface area contributed by atoms with Crippen molar-refractivity contribution in [1.82, 2.24) is 0 Å². The van der Waals surface area contributed by atoms with E-state index in [0.717, 1.165) is 34.3 Å². The maximum atomic E-state index is 6.31. The molecule has 0 radical (unpaired) electrons. The summed E-state index contributed by atoms with van der Waals surface area (Å²) < 4.78 is 12.0. The van der Waals surface area contributed by atoms with Crippen LogP contribution in [0.25, 0.3) is 11.3 Å². The van der Waals surface area contributed by atoms with Gasteiger partial charge in [0.2, 0.25) is 0 Å². The minimum absolute atomic E-state index is 0.0585. The lowest BCUT2D eigenvalue weighted by Crippen LogP contribution is -2.09. The Hall–Kier alpha value is -3.14. The maximum Gasteiger partial charge on any atom is 0.135 e. The van der Waals surface area contributed by atoms with Crippen LogP contribution in [0, 0.1) is 0 Å². The van der Waals surface area contributed by atoms with Gasteiger partial charge >= 0.3 is 0 Å². The Bertz CT molecular complexity index is 1150. The van der Waals surface area contributed by atoms with Gasteiger partial charge in [0.25, 0.3) is 0 Å². The standard InChI is InChI=1S/C26H21Cl2NO2/c1-2-5-24(26-17-16-25(31-26)22-6-3-4-7-23(22)28)29-19-10-14-21(15-11-19)30-20-12-8-18(27)9-13-20/h2-4,6-17,24,29H,1,5H2. The number of rotatable bonds is 8. The van der Waals surface area contributed by atoms with Gasteiger partial charge in [0.05, 0.1) is 11.1 Å². The second-order valence-electron chi connectivity index (χ2n) is 6.98. The monoisotopic (exact) mass is 449 g/mol. The smallest absolute Gasteiger partial charge is 0.135 e. The van der Waals surface area contributed by atoms with E-state index in [1.54, 1.807) is 12.1 Å². The third kappa shape index (κ3) is 5.32. The molecule has 1 atom stereocenters. The molecular formula is C26H21Cl2NO2. The first kappa shape index (κ1) is 21.1. The molecule has 5 heteroatoms. The van der Waals surface area contributed by atoms with Gasteiger partial charge in [-0.2, -0.15) is 0 Å². The average molecular weight is 450 g/mol. The van der Waals surface area contributed by atoms with Gasteiger partial charge in [-0.15, -0.1) is 6.58 Å². The number of furan rings is 1. The Balaban J connectivity index is 1.48. The van der Waals surface area contributed by atoms with Gasteiger partial charge in [-0.05, 0) is 79.2 Å². The molecule has 0 spiro atoms. The lowest BCUT2D eigenvalue weighted by Gasteiger charge is -2.17. The molecule has 4 aromatic rings. The fraction of sp³-hybridized carbons (Fsp3) is 0.0769. The summed E-state index contributed by atoms with van der Waals surface area (Å²) in [5.74, 6) is 3.03. The zero-order chi connectivity index (χ0) is 21.6. The maximum absolute atomic E-state index is 6.31. The Labute approximate surface area is 191 Å².